The molecule has 27 heavy (non-hydrogen) atoms. The molecule has 7 heteroatoms. The Labute approximate surface area is 159 Å². The van der Waals surface area contributed by atoms with E-state index in [9.17, 15) is 8.42 Å². The van der Waals surface area contributed by atoms with Gasteiger partial charge < -0.3 is 5.32 Å². The maximum Gasteiger partial charge on any atom is 0.263 e. The van der Waals surface area contributed by atoms with Gasteiger partial charge in [-0.15, -0.1) is 0 Å². The first-order chi connectivity index (χ1) is 12.8. The molecule has 0 saturated carbocycles. The highest BCUT2D eigenvalue weighted by atomic mass is 32.2. The smallest absolute Gasteiger partial charge is 0.263 e. The van der Waals surface area contributed by atoms with Crippen molar-refractivity contribution >= 4 is 21.5 Å². The molecule has 0 radical (unpaired) electrons. The van der Waals surface area contributed by atoms with Crippen LogP contribution in [0, 0.1) is 20.8 Å². The maximum absolute atomic E-state index is 12.8. The van der Waals surface area contributed by atoms with Gasteiger partial charge in [-0.05, 0) is 55.7 Å². The summed E-state index contributed by atoms with van der Waals surface area (Å²) in [4.78, 5) is 8.58. The van der Waals surface area contributed by atoms with E-state index in [1.54, 1.807) is 44.6 Å². The van der Waals surface area contributed by atoms with Gasteiger partial charge in [0.1, 0.15) is 5.82 Å². The highest BCUT2D eigenvalue weighted by molar-refractivity contribution is 7.92. The van der Waals surface area contributed by atoms with E-state index in [1.807, 2.05) is 31.2 Å². The fourth-order valence-electron chi connectivity index (χ4n) is 3.04. The molecule has 2 heterocycles. The molecular formula is C20H22N4O2S. The van der Waals surface area contributed by atoms with Gasteiger partial charge >= 0.3 is 0 Å². The number of hydrogen-bond acceptors (Lipinski definition) is 5. The molecule has 0 saturated heterocycles. The van der Waals surface area contributed by atoms with Crippen molar-refractivity contribution in [2.45, 2.75) is 32.2 Å². The molecule has 6 nitrogen and oxygen atoms in total. The summed E-state index contributed by atoms with van der Waals surface area (Å²) in [5, 5.41) is 3.23. The Morgan fingerprint density at radius 2 is 1.74 bits per heavy atom. The van der Waals surface area contributed by atoms with Crippen LogP contribution in [0.25, 0.3) is 0 Å². The third-order valence-corrected chi connectivity index (χ3v) is 5.75. The lowest BCUT2D eigenvalue weighted by atomic mass is 10.1. The average molecular weight is 382 g/mol. The quantitative estimate of drug-likeness (QED) is 0.677. The molecule has 0 atom stereocenters. The Morgan fingerprint density at radius 1 is 1.00 bits per heavy atom. The summed E-state index contributed by atoms with van der Waals surface area (Å²) in [6.45, 7) is 6.16. The lowest BCUT2D eigenvalue weighted by Crippen LogP contribution is -2.16. The summed E-state index contributed by atoms with van der Waals surface area (Å²) in [6.07, 6.45) is 5.11. The van der Waals surface area contributed by atoms with Gasteiger partial charge in [-0.3, -0.25) is 9.71 Å². The van der Waals surface area contributed by atoms with Crippen LogP contribution in [0.5, 0.6) is 0 Å². The van der Waals surface area contributed by atoms with Crippen molar-refractivity contribution < 1.29 is 8.42 Å². The second-order valence-corrected chi connectivity index (χ2v) is 8.10. The number of sulfonamides is 1. The zero-order valence-corrected chi connectivity index (χ0v) is 16.3. The van der Waals surface area contributed by atoms with Crippen LogP contribution < -0.4 is 10.0 Å². The van der Waals surface area contributed by atoms with Crippen molar-refractivity contribution in [2.24, 2.45) is 0 Å². The van der Waals surface area contributed by atoms with Crippen molar-refractivity contribution in [3.05, 3.63) is 77.2 Å². The van der Waals surface area contributed by atoms with Crippen LogP contribution in [-0.2, 0) is 16.6 Å². The standard InChI is InChI=1S/C20H22N4O2S/c1-14-9-15(2)20(16(3)10-14)27(25,26)24-19-7-6-18(13-23-19)22-12-17-5-4-8-21-11-17/h4-11,13,22H,12H2,1-3H3,(H,23,24). The van der Waals surface area contributed by atoms with Gasteiger partial charge in [-0.2, -0.15) is 0 Å². The molecule has 3 rings (SSSR count). The fourth-order valence-corrected chi connectivity index (χ4v) is 4.51. The molecule has 2 aromatic heterocycles. The van der Waals surface area contributed by atoms with Crippen LogP contribution in [0.1, 0.15) is 22.3 Å². The van der Waals surface area contributed by atoms with E-state index in [1.165, 1.54) is 0 Å². The molecule has 0 amide bonds. The molecule has 0 spiro atoms. The summed E-state index contributed by atoms with van der Waals surface area (Å²) in [7, 11) is -3.70. The molecular weight excluding hydrogens is 360 g/mol. The third kappa shape index (κ3) is 4.62. The second kappa shape index (κ2) is 7.75. The molecule has 0 fully saturated rings. The fraction of sp³-hybridized carbons (Fsp3) is 0.200. The number of nitrogens with one attached hydrogen (secondary N) is 2. The zero-order chi connectivity index (χ0) is 19.4. The van der Waals surface area contributed by atoms with Gasteiger partial charge in [-0.25, -0.2) is 13.4 Å². The van der Waals surface area contributed by atoms with Gasteiger partial charge in [0.2, 0.25) is 0 Å². The number of hydrogen-bond donors (Lipinski definition) is 2. The highest BCUT2D eigenvalue weighted by Gasteiger charge is 2.20. The number of aromatic nitrogens is 2. The van der Waals surface area contributed by atoms with E-state index in [0.717, 1.165) is 27.9 Å². The van der Waals surface area contributed by atoms with Crippen LogP contribution in [0.2, 0.25) is 0 Å². The van der Waals surface area contributed by atoms with Gasteiger partial charge in [-0.1, -0.05) is 23.8 Å². The predicted molar refractivity (Wildman–Crippen MR) is 107 cm³/mol. The molecule has 0 bridgehead atoms. The van der Waals surface area contributed by atoms with Crippen LogP contribution >= 0.6 is 0 Å². The van der Waals surface area contributed by atoms with E-state index in [4.69, 9.17) is 0 Å². The summed E-state index contributed by atoms with van der Waals surface area (Å²) in [5.41, 5.74) is 4.31. The third-order valence-electron chi connectivity index (χ3n) is 4.10. The highest BCUT2D eigenvalue weighted by Crippen LogP contribution is 2.24. The zero-order valence-electron chi connectivity index (χ0n) is 15.5. The summed E-state index contributed by atoms with van der Waals surface area (Å²) in [5.74, 6) is 0.279. The Hall–Kier alpha value is -2.93. The molecule has 0 aliphatic carbocycles. The van der Waals surface area contributed by atoms with E-state index in [2.05, 4.69) is 20.0 Å². The Balaban J connectivity index is 1.72. The van der Waals surface area contributed by atoms with Crippen LogP contribution in [0.4, 0.5) is 11.5 Å². The van der Waals surface area contributed by atoms with E-state index in [0.29, 0.717) is 11.4 Å². The first-order valence-electron chi connectivity index (χ1n) is 8.54. The SMILES string of the molecule is Cc1cc(C)c(S(=O)(=O)Nc2ccc(NCc3cccnc3)cn2)c(C)c1. The lowest BCUT2D eigenvalue weighted by molar-refractivity contribution is 0.600. The van der Waals surface area contributed by atoms with Crippen molar-refractivity contribution in [1.29, 1.82) is 0 Å². The molecule has 0 aliphatic heterocycles. The van der Waals surface area contributed by atoms with Crippen molar-refractivity contribution in [3.8, 4) is 0 Å². The average Bonchev–Trinajstić information content (AvgIpc) is 2.60. The first kappa shape index (κ1) is 18.8. The Bertz CT molecular complexity index is 1010. The van der Waals surface area contributed by atoms with Crippen molar-refractivity contribution in [2.75, 3.05) is 10.0 Å². The Kier molecular flexibility index (Phi) is 5.41. The van der Waals surface area contributed by atoms with E-state index in [-0.39, 0.29) is 5.82 Å². The van der Waals surface area contributed by atoms with Crippen LogP contribution in [0.3, 0.4) is 0 Å². The molecule has 140 valence electrons. The van der Waals surface area contributed by atoms with E-state index < -0.39 is 10.0 Å². The largest absolute Gasteiger partial charge is 0.380 e. The predicted octanol–water partition coefficient (Wildman–Crippen LogP) is 3.81. The minimum absolute atomic E-state index is 0.279. The first-order valence-corrected chi connectivity index (χ1v) is 10.0. The summed E-state index contributed by atoms with van der Waals surface area (Å²) in [6, 6.07) is 11.0. The second-order valence-electron chi connectivity index (χ2n) is 6.48. The molecule has 2 N–H and O–H groups in total. The van der Waals surface area contributed by atoms with Crippen LogP contribution in [-0.4, -0.2) is 18.4 Å². The minimum atomic E-state index is -3.70. The maximum atomic E-state index is 12.8. The Morgan fingerprint density at radius 3 is 2.33 bits per heavy atom. The van der Waals surface area contributed by atoms with E-state index >= 15 is 0 Å². The van der Waals surface area contributed by atoms with Crippen LogP contribution in [0.15, 0.2) is 59.9 Å². The number of pyridine rings is 2. The molecule has 3 aromatic rings. The van der Waals surface area contributed by atoms with Gasteiger partial charge in [0, 0.05) is 18.9 Å². The molecule has 0 unspecified atom stereocenters. The number of nitrogens with zero attached hydrogens (tertiary/aromatic N) is 2. The lowest BCUT2D eigenvalue weighted by Gasteiger charge is -2.14. The molecule has 0 aliphatic rings. The van der Waals surface area contributed by atoms with Gasteiger partial charge in [0.15, 0.2) is 0 Å². The van der Waals surface area contributed by atoms with Crippen molar-refractivity contribution in [1.82, 2.24) is 9.97 Å². The number of anilines is 2. The summed E-state index contributed by atoms with van der Waals surface area (Å²) >= 11 is 0. The summed E-state index contributed by atoms with van der Waals surface area (Å²) < 4.78 is 28.1. The monoisotopic (exact) mass is 382 g/mol. The van der Waals surface area contributed by atoms with Gasteiger partial charge in [0.05, 0.1) is 16.8 Å². The number of benzene rings is 1. The number of rotatable bonds is 6. The molecule has 1 aromatic carbocycles. The minimum Gasteiger partial charge on any atom is -0.380 e. The van der Waals surface area contributed by atoms with Crippen molar-refractivity contribution in [3.63, 3.8) is 0 Å². The van der Waals surface area contributed by atoms with Gasteiger partial charge in [0.25, 0.3) is 10.0 Å². The normalized spacial score (nSPS) is 11.2. The number of aryl methyl sites for hydroxylation is 3. The topological polar surface area (TPSA) is 84.0 Å².